The molecule has 2 aromatic carbocycles. The molecule has 0 aromatic heterocycles. The molecule has 182 valence electrons. The predicted molar refractivity (Wildman–Crippen MR) is 127 cm³/mol. The van der Waals surface area contributed by atoms with Gasteiger partial charge in [0.2, 0.25) is 0 Å². The number of benzene rings is 2. The summed E-state index contributed by atoms with van der Waals surface area (Å²) in [6.45, 7) is -1.45. The van der Waals surface area contributed by atoms with Crippen molar-refractivity contribution in [2.75, 3.05) is 6.54 Å². The van der Waals surface area contributed by atoms with Gasteiger partial charge in [-0.1, -0.05) is 42.2 Å². The molecule has 10 heteroatoms. The van der Waals surface area contributed by atoms with Crippen molar-refractivity contribution >= 4 is 29.4 Å². The summed E-state index contributed by atoms with van der Waals surface area (Å²) in [7, 11) is 0. The van der Waals surface area contributed by atoms with E-state index in [2.05, 4.69) is 27.3 Å². The SMILES string of the molecule is NN=C(C=Nc1ccc(C(=O)NCC(F)(F)F)cc1C#CCCc1ccccc1)C(=O)NC1CC1. The van der Waals surface area contributed by atoms with E-state index in [0.29, 0.717) is 24.1 Å². The molecule has 0 radical (unpaired) electrons. The monoisotopic (exact) mass is 483 g/mol. The number of amides is 2. The number of aryl methyl sites for hydroxylation is 1. The number of rotatable bonds is 8. The van der Waals surface area contributed by atoms with E-state index in [0.717, 1.165) is 18.4 Å². The van der Waals surface area contributed by atoms with Crippen LogP contribution in [-0.2, 0) is 11.2 Å². The normalized spacial score (nSPS) is 13.7. The minimum Gasteiger partial charge on any atom is -0.348 e. The van der Waals surface area contributed by atoms with Gasteiger partial charge in [-0.2, -0.15) is 18.3 Å². The number of nitrogens with zero attached hydrogens (tertiary/aromatic N) is 2. The summed E-state index contributed by atoms with van der Waals surface area (Å²) in [5.74, 6) is 9.90. The fourth-order valence-electron chi connectivity index (χ4n) is 2.95. The van der Waals surface area contributed by atoms with Gasteiger partial charge in [0.1, 0.15) is 6.54 Å². The fraction of sp³-hybridized carbons (Fsp3) is 0.280. The van der Waals surface area contributed by atoms with Gasteiger partial charge >= 0.3 is 6.18 Å². The number of carbonyl (C=O) groups excluding carboxylic acids is 2. The van der Waals surface area contributed by atoms with Gasteiger partial charge in [-0.15, -0.1) is 0 Å². The van der Waals surface area contributed by atoms with E-state index < -0.39 is 24.5 Å². The first-order chi connectivity index (χ1) is 16.7. The molecule has 0 atom stereocenters. The van der Waals surface area contributed by atoms with Crippen LogP contribution in [0.15, 0.2) is 58.6 Å². The number of nitrogens with one attached hydrogen (secondary N) is 2. The smallest absolute Gasteiger partial charge is 0.348 e. The third-order valence-corrected chi connectivity index (χ3v) is 4.92. The van der Waals surface area contributed by atoms with Crippen molar-refractivity contribution in [3.05, 3.63) is 65.2 Å². The molecule has 2 amide bonds. The van der Waals surface area contributed by atoms with Gasteiger partial charge in [0.15, 0.2) is 5.71 Å². The second-order valence-electron chi connectivity index (χ2n) is 7.84. The molecule has 0 unspecified atom stereocenters. The molecule has 1 aliphatic rings. The van der Waals surface area contributed by atoms with Crippen LogP contribution in [0.1, 0.15) is 40.7 Å². The maximum atomic E-state index is 12.5. The van der Waals surface area contributed by atoms with Gasteiger partial charge in [-0.25, -0.2) is 0 Å². The molecular weight excluding hydrogens is 459 g/mol. The Bertz CT molecular complexity index is 1180. The molecule has 35 heavy (non-hydrogen) atoms. The van der Waals surface area contributed by atoms with Crippen molar-refractivity contribution < 1.29 is 22.8 Å². The van der Waals surface area contributed by atoms with Gasteiger partial charge in [0, 0.05) is 18.0 Å². The zero-order valence-corrected chi connectivity index (χ0v) is 18.7. The zero-order valence-electron chi connectivity index (χ0n) is 18.7. The Morgan fingerprint density at radius 3 is 2.54 bits per heavy atom. The summed E-state index contributed by atoms with van der Waals surface area (Å²) >= 11 is 0. The standard InChI is InChI=1S/C25H24F3N5O2/c26-25(27,28)16-31-23(34)19-10-13-21(30-15-22(33-29)24(35)32-20-11-12-20)18(14-19)9-5-4-8-17-6-2-1-3-7-17/h1-3,6-7,10,13-15,20H,4,8,11-12,16,29H2,(H,31,34)(H,32,35). The van der Waals surface area contributed by atoms with E-state index in [1.54, 1.807) is 0 Å². The van der Waals surface area contributed by atoms with Crippen molar-refractivity contribution in [1.29, 1.82) is 0 Å². The lowest BCUT2D eigenvalue weighted by Gasteiger charge is -2.09. The molecule has 2 aromatic rings. The Morgan fingerprint density at radius 1 is 1.14 bits per heavy atom. The van der Waals surface area contributed by atoms with E-state index >= 15 is 0 Å². The van der Waals surface area contributed by atoms with Crippen molar-refractivity contribution in [1.82, 2.24) is 10.6 Å². The Morgan fingerprint density at radius 2 is 1.89 bits per heavy atom. The first-order valence-corrected chi connectivity index (χ1v) is 10.9. The largest absolute Gasteiger partial charge is 0.405 e. The highest BCUT2D eigenvalue weighted by molar-refractivity contribution is 6.60. The number of carbonyl (C=O) groups is 2. The quantitative estimate of drug-likeness (QED) is 0.232. The van der Waals surface area contributed by atoms with Crippen LogP contribution < -0.4 is 16.5 Å². The number of nitrogens with two attached hydrogens (primary N) is 1. The molecule has 1 aliphatic carbocycles. The minimum atomic E-state index is -4.53. The van der Waals surface area contributed by atoms with Crippen molar-refractivity contribution in [3.8, 4) is 11.8 Å². The third-order valence-electron chi connectivity index (χ3n) is 4.92. The molecular formula is C25H24F3N5O2. The van der Waals surface area contributed by atoms with E-state index in [1.807, 2.05) is 35.6 Å². The van der Waals surface area contributed by atoms with Gasteiger partial charge in [0.25, 0.3) is 11.8 Å². The molecule has 0 bridgehead atoms. The summed E-state index contributed by atoms with van der Waals surface area (Å²) in [6.07, 6.45) is -0.353. The fourth-order valence-corrected chi connectivity index (χ4v) is 2.95. The van der Waals surface area contributed by atoms with Crippen LogP contribution in [0.4, 0.5) is 18.9 Å². The van der Waals surface area contributed by atoms with Crippen LogP contribution in [-0.4, -0.2) is 42.5 Å². The summed E-state index contributed by atoms with van der Waals surface area (Å²) in [4.78, 5) is 28.6. The molecule has 4 N–H and O–H groups in total. The van der Waals surface area contributed by atoms with Crippen LogP contribution in [0.2, 0.25) is 0 Å². The number of hydrazone groups is 1. The number of alkyl halides is 3. The zero-order chi connectivity index (χ0) is 25.3. The number of hydrogen-bond donors (Lipinski definition) is 3. The van der Waals surface area contributed by atoms with E-state index in [9.17, 15) is 22.8 Å². The maximum absolute atomic E-state index is 12.5. The average Bonchev–Trinajstić information content (AvgIpc) is 3.65. The molecule has 7 nitrogen and oxygen atoms in total. The maximum Gasteiger partial charge on any atom is 0.405 e. The van der Waals surface area contributed by atoms with E-state index in [4.69, 9.17) is 5.84 Å². The lowest BCUT2D eigenvalue weighted by molar-refractivity contribution is -0.123. The Balaban J connectivity index is 1.80. The highest BCUT2D eigenvalue weighted by atomic mass is 19.4. The summed E-state index contributed by atoms with van der Waals surface area (Å²) in [6, 6.07) is 13.9. The Hall–Kier alpha value is -4.13. The summed E-state index contributed by atoms with van der Waals surface area (Å²) < 4.78 is 37.4. The average molecular weight is 483 g/mol. The lowest BCUT2D eigenvalue weighted by Crippen LogP contribution is -2.34. The first kappa shape index (κ1) is 25.5. The Labute approximate surface area is 200 Å². The van der Waals surface area contributed by atoms with Crippen LogP contribution in [0.3, 0.4) is 0 Å². The molecule has 0 aliphatic heterocycles. The second kappa shape index (κ2) is 11.8. The highest BCUT2D eigenvalue weighted by Gasteiger charge is 2.28. The molecule has 0 heterocycles. The number of halogens is 3. The topological polar surface area (TPSA) is 109 Å². The van der Waals surface area contributed by atoms with E-state index in [-0.39, 0.29) is 17.3 Å². The molecule has 0 saturated heterocycles. The second-order valence-corrected chi connectivity index (χ2v) is 7.84. The molecule has 1 fully saturated rings. The first-order valence-electron chi connectivity index (χ1n) is 10.9. The van der Waals surface area contributed by atoms with Crippen LogP contribution in [0.5, 0.6) is 0 Å². The molecule has 3 rings (SSSR count). The lowest BCUT2D eigenvalue weighted by atomic mass is 10.1. The third kappa shape index (κ3) is 8.62. The van der Waals surface area contributed by atoms with Gasteiger partial charge in [-0.05, 0) is 43.0 Å². The van der Waals surface area contributed by atoms with Crippen LogP contribution in [0.25, 0.3) is 0 Å². The van der Waals surface area contributed by atoms with Gasteiger partial charge in [0.05, 0.1) is 17.5 Å². The number of hydrogen-bond acceptors (Lipinski definition) is 5. The Kier molecular flexibility index (Phi) is 8.62. The summed E-state index contributed by atoms with van der Waals surface area (Å²) in [5.41, 5.74) is 1.63. The number of aliphatic imine (C=N–C) groups is 1. The highest BCUT2D eigenvalue weighted by Crippen LogP contribution is 2.21. The van der Waals surface area contributed by atoms with Crippen LogP contribution in [0, 0.1) is 11.8 Å². The van der Waals surface area contributed by atoms with Crippen molar-refractivity contribution in [2.45, 2.75) is 37.9 Å². The van der Waals surface area contributed by atoms with Crippen molar-refractivity contribution in [2.24, 2.45) is 15.9 Å². The van der Waals surface area contributed by atoms with Crippen LogP contribution >= 0.6 is 0 Å². The minimum absolute atomic E-state index is 0.000230. The van der Waals surface area contributed by atoms with E-state index in [1.165, 1.54) is 24.4 Å². The molecule has 1 saturated carbocycles. The van der Waals surface area contributed by atoms with Gasteiger partial charge in [-0.3, -0.25) is 14.6 Å². The predicted octanol–water partition coefficient (Wildman–Crippen LogP) is 3.26. The van der Waals surface area contributed by atoms with Gasteiger partial charge < -0.3 is 16.5 Å². The summed E-state index contributed by atoms with van der Waals surface area (Å²) in [5, 5.41) is 8.05. The molecule has 0 spiro atoms. The van der Waals surface area contributed by atoms with Crippen molar-refractivity contribution in [3.63, 3.8) is 0 Å².